The molecular weight excluding hydrogens is 188 g/mol. The standard InChI is InChI=1S/C11H18N4/c1-3-15-8-10(7-13-15)6-12-11-4-5-14(2)9-11/h3,7-8,11-12H,1,4-6,9H2,2H3. The van der Waals surface area contributed by atoms with Crippen LogP contribution in [0.4, 0.5) is 0 Å². The second-order valence-electron chi connectivity index (χ2n) is 4.14. The first kappa shape index (κ1) is 10.4. The van der Waals surface area contributed by atoms with E-state index in [4.69, 9.17) is 0 Å². The predicted octanol–water partition coefficient (Wildman–Crippen LogP) is 0.777. The Morgan fingerprint density at radius 2 is 2.60 bits per heavy atom. The molecule has 1 aliphatic heterocycles. The first-order valence-electron chi connectivity index (χ1n) is 5.35. The van der Waals surface area contributed by atoms with E-state index in [-0.39, 0.29) is 0 Å². The minimum absolute atomic E-state index is 0.627. The number of hydrogen-bond acceptors (Lipinski definition) is 3. The van der Waals surface area contributed by atoms with E-state index in [1.807, 2.05) is 12.4 Å². The zero-order chi connectivity index (χ0) is 10.7. The lowest BCUT2D eigenvalue weighted by Gasteiger charge is -2.11. The highest BCUT2D eigenvalue weighted by Crippen LogP contribution is 2.07. The van der Waals surface area contributed by atoms with Crippen LogP contribution in [0.15, 0.2) is 19.0 Å². The van der Waals surface area contributed by atoms with E-state index in [1.165, 1.54) is 18.5 Å². The van der Waals surface area contributed by atoms with E-state index in [0.29, 0.717) is 6.04 Å². The van der Waals surface area contributed by atoms with Crippen LogP contribution < -0.4 is 5.32 Å². The van der Waals surface area contributed by atoms with Gasteiger partial charge in [0.2, 0.25) is 0 Å². The molecule has 0 radical (unpaired) electrons. The average Bonchev–Trinajstić information content (AvgIpc) is 2.83. The third-order valence-corrected chi connectivity index (χ3v) is 2.83. The lowest BCUT2D eigenvalue weighted by molar-refractivity contribution is 0.397. The smallest absolute Gasteiger partial charge is 0.0538 e. The summed E-state index contributed by atoms with van der Waals surface area (Å²) in [6.07, 6.45) is 6.82. The van der Waals surface area contributed by atoms with Gasteiger partial charge in [-0.25, -0.2) is 4.68 Å². The van der Waals surface area contributed by atoms with Crippen LogP contribution in [0.5, 0.6) is 0 Å². The van der Waals surface area contributed by atoms with Crippen molar-refractivity contribution in [2.45, 2.75) is 19.0 Å². The third kappa shape index (κ3) is 2.67. The van der Waals surface area contributed by atoms with Crippen molar-refractivity contribution in [1.29, 1.82) is 0 Å². The SMILES string of the molecule is C=Cn1cc(CNC2CCN(C)C2)cn1. The minimum Gasteiger partial charge on any atom is -0.308 e. The fourth-order valence-corrected chi connectivity index (χ4v) is 1.93. The van der Waals surface area contributed by atoms with Crippen molar-refractivity contribution < 1.29 is 0 Å². The average molecular weight is 206 g/mol. The molecule has 1 aliphatic rings. The Morgan fingerprint density at radius 1 is 1.73 bits per heavy atom. The molecule has 1 N–H and O–H groups in total. The molecule has 15 heavy (non-hydrogen) atoms. The van der Waals surface area contributed by atoms with Crippen LogP contribution in [0, 0.1) is 0 Å². The van der Waals surface area contributed by atoms with Gasteiger partial charge in [0.05, 0.1) is 6.20 Å². The monoisotopic (exact) mass is 206 g/mol. The first-order chi connectivity index (χ1) is 7.28. The Balaban J connectivity index is 1.80. The van der Waals surface area contributed by atoms with Crippen LogP contribution in [0.1, 0.15) is 12.0 Å². The van der Waals surface area contributed by atoms with Crippen LogP contribution in [0.3, 0.4) is 0 Å². The van der Waals surface area contributed by atoms with Gasteiger partial charge in [-0.05, 0) is 20.0 Å². The Hall–Kier alpha value is -1.13. The van der Waals surface area contributed by atoms with E-state index < -0.39 is 0 Å². The van der Waals surface area contributed by atoms with Gasteiger partial charge < -0.3 is 10.2 Å². The fourth-order valence-electron chi connectivity index (χ4n) is 1.93. The highest BCUT2D eigenvalue weighted by atomic mass is 15.2. The number of likely N-dealkylation sites (tertiary alicyclic amines) is 1. The summed E-state index contributed by atoms with van der Waals surface area (Å²) in [4.78, 5) is 2.35. The second-order valence-corrected chi connectivity index (χ2v) is 4.14. The topological polar surface area (TPSA) is 33.1 Å². The Morgan fingerprint density at radius 3 is 3.20 bits per heavy atom. The van der Waals surface area contributed by atoms with Gasteiger partial charge >= 0.3 is 0 Å². The van der Waals surface area contributed by atoms with Crippen molar-refractivity contribution in [3.8, 4) is 0 Å². The van der Waals surface area contributed by atoms with E-state index in [9.17, 15) is 0 Å². The molecule has 0 bridgehead atoms. The number of nitrogens with one attached hydrogen (secondary N) is 1. The van der Waals surface area contributed by atoms with Gasteiger partial charge in [0.1, 0.15) is 0 Å². The Bertz CT molecular complexity index is 331. The molecule has 1 aromatic heterocycles. The summed E-state index contributed by atoms with van der Waals surface area (Å²) in [5, 5.41) is 7.68. The molecular formula is C11H18N4. The third-order valence-electron chi connectivity index (χ3n) is 2.83. The normalized spacial score (nSPS) is 22.1. The van der Waals surface area contributed by atoms with Gasteiger partial charge in [0, 0.05) is 37.1 Å². The summed E-state index contributed by atoms with van der Waals surface area (Å²) < 4.78 is 1.73. The highest BCUT2D eigenvalue weighted by molar-refractivity contribution is 5.17. The van der Waals surface area contributed by atoms with Gasteiger partial charge in [-0.3, -0.25) is 0 Å². The highest BCUT2D eigenvalue weighted by Gasteiger charge is 2.18. The van der Waals surface area contributed by atoms with Crippen LogP contribution in [0.25, 0.3) is 6.20 Å². The van der Waals surface area contributed by atoms with Crippen molar-refractivity contribution in [1.82, 2.24) is 20.0 Å². The summed E-state index contributed by atoms with van der Waals surface area (Å²) in [5.74, 6) is 0. The molecule has 1 saturated heterocycles. The lowest BCUT2D eigenvalue weighted by Crippen LogP contribution is -2.30. The maximum absolute atomic E-state index is 4.14. The molecule has 2 heterocycles. The molecule has 0 aliphatic carbocycles. The van der Waals surface area contributed by atoms with Crippen molar-refractivity contribution >= 4 is 6.20 Å². The summed E-state index contributed by atoms with van der Waals surface area (Å²) >= 11 is 0. The minimum atomic E-state index is 0.627. The van der Waals surface area contributed by atoms with Crippen molar-refractivity contribution in [3.05, 3.63) is 24.5 Å². The zero-order valence-electron chi connectivity index (χ0n) is 9.19. The van der Waals surface area contributed by atoms with Crippen molar-refractivity contribution in [2.75, 3.05) is 20.1 Å². The number of aromatic nitrogens is 2. The van der Waals surface area contributed by atoms with Crippen LogP contribution >= 0.6 is 0 Å². The lowest BCUT2D eigenvalue weighted by atomic mass is 10.2. The maximum atomic E-state index is 4.14. The molecule has 0 spiro atoms. The summed E-state index contributed by atoms with van der Waals surface area (Å²) in [5.41, 5.74) is 1.21. The van der Waals surface area contributed by atoms with Crippen molar-refractivity contribution in [2.24, 2.45) is 0 Å². The van der Waals surface area contributed by atoms with E-state index in [1.54, 1.807) is 10.9 Å². The van der Waals surface area contributed by atoms with Crippen LogP contribution in [-0.2, 0) is 6.54 Å². The van der Waals surface area contributed by atoms with Gasteiger partial charge in [-0.15, -0.1) is 0 Å². The molecule has 2 rings (SSSR count). The molecule has 1 fully saturated rings. The summed E-state index contributed by atoms with van der Waals surface area (Å²) in [7, 11) is 2.16. The Kier molecular flexibility index (Phi) is 3.18. The maximum Gasteiger partial charge on any atom is 0.0538 e. The molecule has 4 nitrogen and oxygen atoms in total. The number of nitrogens with zero attached hydrogens (tertiary/aromatic N) is 3. The molecule has 1 aromatic rings. The predicted molar refractivity (Wildman–Crippen MR) is 61.4 cm³/mol. The summed E-state index contributed by atoms with van der Waals surface area (Å²) in [6.45, 7) is 6.91. The van der Waals surface area contributed by atoms with E-state index in [0.717, 1.165) is 13.1 Å². The first-order valence-corrected chi connectivity index (χ1v) is 5.35. The van der Waals surface area contributed by atoms with Crippen LogP contribution in [-0.4, -0.2) is 40.9 Å². The number of likely N-dealkylation sites (N-methyl/N-ethyl adjacent to an activating group) is 1. The van der Waals surface area contributed by atoms with Gasteiger partial charge in [0.25, 0.3) is 0 Å². The van der Waals surface area contributed by atoms with Gasteiger partial charge in [0.15, 0.2) is 0 Å². The molecule has 0 saturated carbocycles. The van der Waals surface area contributed by atoms with Gasteiger partial charge in [-0.1, -0.05) is 6.58 Å². The van der Waals surface area contributed by atoms with Crippen molar-refractivity contribution in [3.63, 3.8) is 0 Å². The number of rotatable bonds is 4. The van der Waals surface area contributed by atoms with Crippen LogP contribution in [0.2, 0.25) is 0 Å². The molecule has 1 atom stereocenters. The van der Waals surface area contributed by atoms with Gasteiger partial charge in [-0.2, -0.15) is 5.10 Å². The Labute approximate surface area is 90.6 Å². The quantitative estimate of drug-likeness (QED) is 0.790. The zero-order valence-corrected chi connectivity index (χ0v) is 9.19. The number of hydrogen-bond donors (Lipinski definition) is 1. The molecule has 0 amide bonds. The summed E-state index contributed by atoms with van der Waals surface area (Å²) in [6, 6.07) is 0.627. The largest absolute Gasteiger partial charge is 0.308 e. The molecule has 1 unspecified atom stereocenters. The van der Waals surface area contributed by atoms with E-state index in [2.05, 4.69) is 28.9 Å². The molecule has 0 aromatic carbocycles. The fraction of sp³-hybridized carbons (Fsp3) is 0.545. The molecule has 82 valence electrons. The second kappa shape index (κ2) is 4.59. The molecule has 4 heteroatoms. The van der Waals surface area contributed by atoms with E-state index >= 15 is 0 Å².